The lowest BCUT2D eigenvalue weighted by molar-refractivity contribution is 0.0982. The summed E-state index contributed by atoms with van der Waals surface area (Å²) in [4.78, 5) is 16.8. The van der Waals surface area contributed by atoms with Crippen molar-refractivity contribution in [3.63, 3.8) is 0 Å². The number of β-amino-alcohol motifs (C(OH)–C–C–N with tert-alkyl or cyclic N) is 1. The van der Waals surface area contributed by atoms with Gasteiger partial charge in [-0.25, -0.2) is 0 Å². The number of aliphatic hydroxyl groups excluding tert-OH is 1. The number of hydrogen-bond donors (Lipinski definition) is 2. The van der Waals surface area contributed by atoms with Gasteiger partial charge in [-0.3, -0.25) is 4.79 Å². The number of benzene rings is 2. The smallest absolute Gasteiger partial charge is 0.260 e. The van der Waals surface area contributed by atoms with Gasteiger partial charge in [-0.1, -0.05) is 23.7 Å². The summed E-state index contributed by atoms with van der Waals surface area (Å²) in [5.74, 6) is -0.116. The molecule has 1 aliphatic heterocycles. The lowest BCUT2D eigenvalue weighted by Crippen LogP contribution is -2.33. The number of aliphatic hydroxyl groups is 1. The van der Waals surface area contributed by atoms with Gasteiger partial charge in [0, 0.05) is 18.1 Å². The van der Waals surface area contributed by atoms with Gasteiger partial charge < -0.3 is 20.6 Å². The molecule has 0 bridgehead atoms. The molecule has 0 spiro atoms. The average Bonchev–Trinajstić information content (AvgIpc) is 2.71. The molecule has 0 saturated heterocycles. The van der Waals surface area contributed by atoms with Gasteiger partial charge in [0.05, 0.1) is 29.2 Å². The number of fused-ring (bicyclic) bond motifs is 2. The third-order valence-corrected chi connectivity index (χ3v) is 4.58. The highest BCUT2D eigenvalue weighted by molar-refractivity contribution is 6.31. The Bertz CT molecular complexity index is 766. The first-order chi connectivity index (χ1) is 12.2. The molecule has 5 nitrogen and oxygen atoms in total. The number of halogens is 1. The largest absolute Gasteiger partial charge is 0.395 e. The highest BCUT2D eigenvalue weighted by Crippen LogP contribution is 2.41. The van der Waals surface area contributed by atoms with Crippen molar-refractivity contribution in [1.29, 1.82) is 0 Å². The predicted octanol–water partition coefficient (Wildman–Crippen LogP) is 3.17. The monoisotopic (exact) mass is 359 g/mol. The molecule has 25 heavy (non-hydrogen) atoms. The van der Waals surface area contributed by atoms with E-state index in [1.807, 2.05) is 36.4 Å². The minimum atomic E-state index is -0.116. The van der Waals surface area contributed by atoms with Crippen molar-refractivity contribution < 1.29 is 9.90 Å². The van der Waals surface area contributed by atoms with Gasteiger partial charge in [0.15, 0.2) is 0 Å². The van der Waals surface area contributed by atoms with E-state index in [1.54, 1.807) is 11.0 Å². The predicted molar refractivity (Wildman–Crippen MR) is 102 cm³/mol. The van der Waals surface area contributed by atoms with Crippen LogP contribution >= 0.6 is 11.6 Å². The van der Waals surface area contributed by atoms with Gasteiger partial charge in [-0.2, -0.15) is 0 Å². The lowest BCUT2D eigenvalue weighted by Gasteiger charge is -2.27. The van der Waals surface area contributed by atoms with Gasteiger partial charge >= 0.3 is 0 Å². The molecule has 0 fully saturated rings. The summed E-state index contributed by atoms with van der Waals surface area (Å²) in [6.07, 6.45) is 1.81. The van der Waals surface area contributed by atoms with Crippen LogP contribution in [0.4, 0.5) is 17.1 Å². The Labute approximate surface area is 152 Å². The molecule has 0 radical (unpaired) electrons. The average molecular weight is 360 g/mol. The number of nitrogens with zero attached hydrogens (tertiary/aromatic N) is 2. The van der Waals surface area contributed by atoms with Gasteiger partial charge in [0.1, 0.15) is 0 Å². The standard InChI is InChI=1S/C19H22ClN3O2/c20-14-7-8-17-18(13-14)22(10-4-3-9-21)16-6-2-1-5-15(16)19(25)23(17)11-12-24/h1-2,5-8,13,24H,3-4,9-12,21H2. The minimum absolute atomic E-state index is 0.108. The SMILES string of the molecule is NCCCCN1c2ccccc2C(=O)N(CCO)c2ccc(Cl)cc21. The Balaban J connectivity index is 2.17. The highest BCUT2D eigenvalue weighted by Gasteiger charge is 2.30. The molecule has 0 atom stereocenters. The van der Waals surface area contributed by atoms with Gasteiger partial charge in [0.2, 0.25) is 0 Å². The van der Waals surface area contributed by atoms with Crippen molar-refractivity contribution in [2.24, 2.45) is 5.73 Å². The second-order valence-electron chi connectivity index (χ2n) is 5.98. The fourth-order valence-electron chi connectivity index (χ4n) is 3.19. The van der Waals surface area contributed by atoms with Crippen LogP contribution in [0.2, 0.25) is 5.02 Å². The van der Waals surface area contributed by atoms with Crippen LogP contribution in [0.3, 0.4) is 0 Å². The van der Waals surface area contributed by atoms with Crippen molar-refractivity contribution in [3.05, 3.63) is 53.1 Å². The summed E-state index contributed by atoms with van der Waals surface area (Å²) >= 11 is 6.25. The molecule has 1 aliphatic rings. The molecular weight excluding hydrogens is 338 g/mol. The van der Waals surface area contributed by atoms with E-state index in [0.717, 1.165) is 36.4 Å². The fourth-order valence-corrected chi connectivity index (χ4v) is 3.36. The van der Waals surface area contributed by atoms with Crippen molar-refractivity contribution >= 4 is 34.6 Å². The third kappa shape index (κ3) is 3.49. The van der Waals surface area contributed by atoms with Crippen LogP contribution in [-0.4, -0.2) is 37.3 Å². The van der Waals surface area contributed by atoms with Crippen LogP contribution in [-0.2, 0) is 0 Å². The Morgan fingerprint density at radius 3 is 2.52 bits per heavy atom. The maximum Gasteiger partial charge on any atom is 0.260 e. The van der Waals surface area contributed by atoms with E-state index in [1.165, 1.54) is 0 Å². The molecule has 0 saturated carbocycles. The molecule has 3 N–H and O–H groups in total. The summed E-state index contributed by atoms with van der Waals surface area (Å²) in [7, 11) is 0. The van der Waals surface area contributed by atoms with Crippen LogP contribution < -0.4 is 15.5 Å². The topological polar surface area (TPSA) is 69.8 Å². The zero-order valence-electron chi connectivity index (χ0n) is 14.0. The van der Waals surface area contributed by atoms with E-state index in [0.29, 0.717) is 17.1 Å². The van der Waals surface area contributed by atoms with Crippen molar-refractivity contribution in [2.75, 3.05) is 36.0 Å². The minimum Gasteiger partial charge on any atom is -0.395 e. The summed E-state index contributed by atoms with van der Waals surface area (Å²) in [6, 6.07) is 13.0. The molecule has 6 heteroatoms. The Hall–Kier alpha value is -2.08. The van der Waals surface area contributed by atoms with Gasteiger partial charge in [0.25, 0.3) is 5.91 Å². The Morgan fingerprint density at radius 2 is 1.76 bits per heavy atom. The number of amides is 1. The molecule has 2 aromatic rings. The molecule has 1 amide bonds. The molecule has 1 heterocycles. The maximum atomic E-state index is 13.1. The van der Waals surface area contributed by atoms with Gasteiger partial charge in [-0.15, -0.1) is 0 Å². The third-order valence-electron chi connectivity index (χ3n) is 4.35. The van der Waals surface area contributed by atoms with E-state index in [2.05, 4.69) is 4.90 Å². The van der Waals surface area contributed by atoms with Crippen LogP contribution in [0.25, 0.3) is 0 Å². The molecule has 3 rings (SSSR count). The van der Waals surface area contributed by atoms with E-state index < -0.39 is 0 Å². The Kier molecular flexibility index (Phi) is 5.58. The van der Waals surface area contributed by atoms with Crippen molar-refractivity contribution in [1.82, 2.24) is 0 Å². The first kappa shape index (κ1) is 17.7. The zero-order valence-corrected chi connectivity index (χ0v) is 14.7. The summed E-state index contributed by atoms with van der Waals surface area (Å²) in [5, 5.41) is 10.1. The maximum absolute atomic E-state index is 13.1. The first-order valence-electron chi connectivity index (χ1n) is 8.46. The van der Waals surface area contributed by atoms with Gasteiger partial charge in [-0.05, 0) is 49.7 Å². The zero-order chi connectivity index (χ0) is 17.8. The number of nitrogens with two attached hydrogens (primary N) is 1. The fraction of sp³-hybridized carbons (Fsp3) is 0.316. The summed E-state index contributed by atoms with van der Waals surface area (Å²) < 4.78 is 0. The quantitative estimate of drug-likeness (QED) is 0.777. The van der Waals surface area contributed by atoms with E-state index in [9.17, 15) is 9.90 Å². The lowest BCUT2D eigenvalue weighted by atomic mass is 10.1. The Morgan fingerprint density at radius 1 is 0.960 bits per heavy atom. The van der Waals surface area contributed by atoms with E-state index in [-0.39, 0.29) is 19.1 Å². The molecule has 0 aromatic heterocycles. The molecule has 0 unspecified atom stereocenters. The summed E-state index contributed by atoms with van der Waals surface area (Å²) in [5.41, 5.74) is 8.75. The first-order valence-corrected chi connectivity index (χ1v) is 8.84. The van der Waals surface area contributed by atoms with Crippen molar-refractivity contribution in [2.45, 2.75) is 12.8 Å². The number of carbonyl (C=O) groups is 1. The molecule has 132 valence electrons. The molecular formula is C19H22ClN3O2. The highest BCUT2D eigenvalue weighted by atomic mass is 35.5. The van der Waals surface area contributed by atoms with Crippen LogP contribution in [0, 0.1) is 0 Å². The van der Waals surface area contributed by atoms with Crippen LogP contribution in [0.15, 0.2) is 42.5 Å². The number of para-hydroxylation sites is 1. The van der Waals surface area contributed by atoms with E-state index >= 15 is 0 Å². The number of unbranched alkanes of at least 4 members (excludes halogenated alkanes) is 1. The number of rotatable bonds is 6. The molecule has 0 aliphatic carbocycles. The van der Waals surface area contributed by atoms with Crippen molar-refractivity contribution in [3.8, 4) is 0 Å². The number of anilines is 3. The molecule has 2 aromatic carbocycles. The second-order valence-corrected chi connectivity index (χ2v) is 6.41. The number of hydrogen-bond acceptors (Lipinski definition) is 4. The van der Waals surface area contributed by atoms with Crippen LogP contribution in [0.5, 0.6) is 0 Å². The van der Waals surface area contributed by atoms with E-state index in [4.69, 9.17) is 17.3 Å². The summed E-state index contributed by atoms with van der Waals surface area (Å²) in [6.45, 7) is 1.50. The number of carbonyl (C=O) groups excluding carboxylic acids is 1. The normalized spacial score (nSPS) is 13.5. The second kappa shape index (κ2) is 7.87. The van der Waals surface area contributed by atoms with Crippen LogP contribution in [0.1, 0.15) is 23.2 Å².